The van der Waals surface area contributed by atoms with Crippen LogP contribution in [0, 0.1) is 0 Å². The van der Waals surface area contributed by atoms with Gasteiger partial charge in [0.25, 0.3) is 0 Å². The van der Waals surface area contributed by atoms with Gasteiger partial charge in [-0.2, -0.15) is 0 Å². The van der Waals surface area contributed by atoms with Gasteiger partial charge in [0.05, 0.1) is 0 Å². The minimum Gasteiger partial charge on any atom is -0.103 e. The van der Waals surface area contributed by atoms with Gasteiger partial charge in [-0.1, -0.05) is 82.9 Å². The van der Waals surface area contributed by atoms with Crippen molar-refractivity contribution in [2.75, 3.05) is 0 Å². The summed E-state index contributed by atoms with van der Waals surface area (Å²) >= 11 is 0. The predicted molar refractivity (Wildman–Crippen MR) is 104 cm³/mol. The molecule has 0 nitrogen and oxygen atoms in total. The molecule has 0 aromatic rings. The summed E-state index contributed by atoms with van der Waals surface area (Å²) < 4.78 is 0. The van der Waals surface area contributed by atoms with Crippen molar-refractivity contribution in [1.82, 2.24) is 0 Å². The maximum Gasteiger partial charge on any atom is -0.0320 e. The van der Waals surface area contributed by atoms with Crippen LogP contribution in [0.15, 0.2) is 24.3 Å². The predicted octanol–water partition coefficient (Wildman–Crippen LogP) is 8.38. The molecule has 0 aliphatic heterocycles. The summed E-state index contributed by atoms with van der Waals surface area (Å²) in [4.78, 5) is 0. The average molecular weight is 307 g/mol. The first-order valence-electron chi connectivity index (χ1n) is 10.1. The zero-order valence-corrected chi connectivity index (χ0v) is 15.7. The summed E-state index contributed by atoms with van der Waals surface area (Å²) in [6.07, 6.45) is 26.5. The van der Waals surface area contributed by atoms with Crippen LogP contribution in [0.2, 0.25) is 0 Å². The largest absolute Gasteiger partial charge is 0.103 e. The van der Waals surface area contributed by atoms with E-state index in [-0.39, 0.29) is 0 Å². The summed E-state index contributed by atoms with van der Waals surface area (Å²) in [6.45, 7) is 8.39. The van der Waals surface area contributed by atoms with E-state index >= 15 is 0 Å². The van der Waals surface area contributed by atoms with Crippen LogP contribution in [0.5, 0.6) is 0 Å². The van der Waals surface area contributed by atoms with Crippen LogP contribution in [0.25, 0.3) is 0 Å². The first-order valence-corrected chi connectivity index (χ1v) is 10.1. The lowest BCUT2D eigenvalue weighted by atomic mass is 9.99. The van der Waals surface area contributed by atoms with Crippen molar-refractivity contribution in [3.05, 3.63) is 24.3 Å². The molecule has 0 spiro atoms. The van der Waals surface area contributed by atoms with E-state index < -0.39 is 0 Å². The smallest absolute Gasteiger partial charge is 0.0320 e. The van der Waals surface area contributed by atoms with Crippen molar-refractivity contribution in [2.45, 2.75) is 117 Å². The first kappa shape index (κ1) is 21.5. The van der Waals surface area contributed by atoms with Crippen LogP contribution in [-0.4, -0.2) is 0 Å². The molecule has 0 aliphatic rings. The Kier molecular flexibility index (Phi) is 18.1. The molecule has 22 heavy (non-hydrogen) atoms. The number of allylic oxidation sites excluding steroid dienone is 3. The van der Waals surface area contributed by atoms with Crippen molar-refractivity contribution in [2.24, 2.45) is 0 Å². The lowest BCUT2D eigenvalue weighted by molar-refractivity contribution is 0.588. The summed E-state index contributed by atoms with van der Waals surface area (Å²) in [5.74, 6) is 0. The Morgan fingerprint density at radius 1 is 0.636 bits per heavy atom. The monoisotopic (exact) mass is 306 g/mol. The Labute approximate surface area is 141 Å². The van der Waals surface area contributed by atoms with Gasteiger partial charge in [0, 0.05) is 0 Å². The van der Waals surface area contributed by atoms with Gasteiger partial charge < -0.3 is 0 Å². The van der Waals surface area contributed by atoms with E-state index in [9.17, 15) is 0 Å². The molecule has 0 heteroatoms. The Bertz CT molecular complexity index is 249. The van der Waals surface area contributed by atoms with E-state index in [4.69, 9.17) is 0 Å². The maximum atomic E-state index is 3.79. The van der Waals surface area contributed by atoms with Crippen LogP contribution in [0.3, 0.4) is 0 Å². The van der Waals surface area contributed by atoms with Crippen LogP contribution in [0.1, 0.15) is 117 Å². The SMILES string of the molecule is C=CCCCCCCCCC(=CCCCCCC)CCCC. The molecule has 0 rings (SSSR count). The Balaban J connectivity index is 3.69. The zero-order valence-electron chi connectivity index (χ0n) is 15.7. The summed E-state index contributed by atoms with van der Waals surface area (Å²) in [5.41, 5.74) is 1.75. The summed E-state index contributed by atoms with van der Waals surface area (Å²) in [7, 11) is 0. The molecular formula is C22H42. The fourth-order valence-corrected chi connectivity index (χ4v) is 2.96. The highest BCUT2D eigenvalue weighted by Gasteiger charge is 1.99. The highest BCUT2D eigenvalue weighted by atomic mass is 14.0. The van der Waals surface area contributed by atoms with Crippen molar-refractivity contribution in [1.29, 1.82) is 0 Å². The second kappa shape index (κ2) is 18.5. The molecule has 0 heterocycles. The molecule has 0 unspecified atom stereocenters. The van der Waals surface area contributed by atoms with Crippen LogP contribution < -0.4 is 0 Å². The summed E-state index contributed by atoms with van der Waals surface area (Å²) in [5, 5.41) is 0. The number of unbranched alkanes of at least 4 members (excludes halogenated alkanes) is 11. The summed E-state index contributed by atoms with van der Waals surface area (Å²) in [6, 6.07) is 0. The third kappa shape index (κ3) is 15.9. The molecule has 0 amide bonds. The van der Waals surface area contributed by atoms with Gasteiger partial charge in [-0.3, -0.25) is 0 Å². The van der Waals surface area contributed by atoms with Gasteiger partial charge >= 0.3 is 0 Å². The van der Waals surface area contributed by atoms with Crippen molar-refractivity contribution >= 4 is 0 Å². The van der Waals surface area contributed by atoms with E-state index in [1.54, 1.807) is 5.57 Å². The molecule has 0 aromatic carbocycles. The van der Waals surface area contributed by atoms with E-state index in [2.05, 4.69) is 26.5 Å². The van der Waals surface area contributed by atoms with Gasteiger partial charge in [0.15, 0.2) is 0 Å². The van der Waals surface area contributed by atoms with Gasteiger partial charge in [0.1, 0.15) is 0 Å². The average Bonchev–Trinajstić information content (AvgIpc) is 2.54. The van der Waals surface area contributed by atoms with Gasteiger partial charge in [-0.05, 0) is 51.4 Å². The third-order valence-electron chi connectivity index (χ3n) is 4.50. The Morgan fingerprint density at radius 2 is 1.18 bits per heavy atom. The van der Waals surface area contributed by atoms with Gasteiger partial charge in [0.2, 0.25) is 0 Å². The van der Waals surface area contributed by atoms with Crippen LogP contribution >= 0.6 is 0 Å². The molecule has 0 fully saturated rings. The molecular weight excluding hydrogens is 264 g/mol. The first-order chi connectivity index (χ1) is 10.8. The van der Waals surface area contributed by atoms with E-state index in [1.807, 2.05) is 6.08 Å². The quantitative estimate of drug-likeness (QED) is 0.187. The van der Waals surface area contributed by atoms with Crippen LogP contribution in [0.4, 0.5) is 0 Å². The molecule has 0 atom stereocenters. The third-order valence-corrected chi connectivity index (χ3v) is 4.50. The molecule has 0 aromatic heterocycles. The standard InChI is InChI=1S/C22H42/c1-4-7-10-12-13-14-16-18-21-22(19-9-6-3)20-17-15-11-8-5-2/h4,20H,1,5-19,21H2,2-3H3. The van der Waals surface area contributed by atoms with Gasteiger partial charge in [-0.25, -0.2) is 0 Å². The van der Waals surface area contributed by atoms with E-state index in [0.717, 1.165) is 0 Å². The zero-order chi connectivity index (χ0) is 16.3. The van der Waals surface area contributed by atoms with Crippen LogP contribution in [-0.2, 0) is 0 Å². The second-order valence-electron chi connectivity index (χ2n) is 6.76. The maximum absolute atomic E-state index is 3.79. The van der Waals surface area contributed by atoms with Crippen molar-refractivity contribution < 1.29 is 0 Å². The Morgan fingerprint density at radius 3 is 1.86 bits per heavy atom. The number of hydrogen-bond donors (Lipinski definition) is 0. The fraction of sp³-hybridized carbons (Fsp3) is 0.818. The highest BCUT2D eigenvalue weighted by Crippen LogP contribution is 2.18. The molecule has 0 radical (unpaired) electrons. The van der Waals surface area contributed by atoms with Gasteiger partial charge in [-0.15, -0.1) is 6.58 Å². The number of hydrogen-bond acceptors (Lipinski definition) is 0. The Hall–Kier alpha value is -0.520. The molecule has 0 saturated carbocycles. The fourth-order valence-electron chi connectivity index (χ4n) is 2.96. The van der Waals surface area contributed by atoms with Crippen molar-refractivity contribution in [3.8, 4) is 0 Å². The molecule has 0 aliphatic carbocycles. The van der Waals surface area contributed by atoms with E-state index in [1.165, 1.54) is 103 Å². The molecule has 0 saturated heterocycles. The minimum atomic E-state index is 1.20. The molecule has 130 valence electrons. The van der Waals surface area contributed by atoms with Crippen molar-refractivity contribution in [3.63, 3.8) is 0 Å². The lowest BCUT2D eigenvalue weighted by Crippen LogP contribution is -1.88. The lowest BCUT2D eigenvalue weighted by Gasteiger charge is -2.08. The topological polar surface area (TPSA) is 0 Å². The van der Waals surface area contributed by atoms with E-state index in [0.29, 0.717) is 0 Å². The second-order valence-corrected chi connectivity index (χ2v) is 6.76. The minimum absolute atomic E-state index is 1.20. The molecule has 0 bridgehead atoms. The molecule has 0 N–H and O–H groups in total. The number of rotatable bonds is 17. The normalized spacial score (nSPS) is 11.8. The highest BCUT2D eigenvalue weighted by molar-refractivity contribution is 5.01.